The maximum absolute atomic E-state index is 11.9. The van der Waals surface area contributed by atoms with Crippen molar-refractivity contribution < 1.29 is 9.53 Å². The second-order valence-electron chi connectivity index (χ2n) is 3.87. The molecule has 1 N–H and O–H groups in total. The second-order valence-corrected chi connectivity index (χ2v) is 3.87. The molecule has 100 valence electrons. The van der Waals surface area contributed by atoms with Crippen LogP contribution in [0.5, 0.6) is 0 Å². The molecule has 2 rings (SSSR count). The molecule has 6 heteroatoms. The minimum atomic E-state index is -0.694. The molecule has 0 amide bonds. The van der Waals surface area contributed by atoms with Crippen LogP contribution in [-0.2, 0) is 4.74 Å². The lowest BCUT2D eigenvalue weighted by Gasteiger charge is -2.06. The molecule has 0 aromatic carbocycles. The largest absolute Gasteiger partial charge is 0.462 e. The van der Waals surface area contributed by atoms with Gasteiger partial charge in [-0.1, -0.05) is 0 Å². The number of esters is 1. The lowest BCUT2D eigenvalue weighted by molar-refractivity contribution is 0.0525. The number of ether oxygens (including phenoxy) is 1. The van der Waals surface area contributed by atoms with Gasteiger partial charge >= 0.3 is 5.97 Å². The van der Waals surface area contributed by atoms with Gasteiger partial charge in [0.25, 0.3) is 5.56 Å². The lowest BCUT2D eigenvalue weighted by atomic mass is 10.1. The van der Waals surface area contributed by atoms with Crippen LogP contribution in [0.4, 0.5) is 0 Å². The first-order valence-corrected chi connectivity index (χ1v) is 5.92. The minimum absolute atomic E-state index is 0.0445. The third-order valence-corrected chi connectivity index (χ3v) is 2.61. The van der Waals surface area contributed by atoms with Crippen molar-refractivity contribution in [2.45, 2.75) is 6.92 Å². The van der Waals surface area contributed by atoms with Crippen molar-refractivity contribution in [1.82, 2.24) is 9.97 Å². The van der Waals surface area contributed by atoms with Crippen LogP contribution in [0.2, 0.25) is 0 Å². The number of hydrogen-bond acceptors (Lipinski definition) is 5. The molecule has 20 heavy (non-hydrogen) atoms. The summed E-state index contributed by atoms with van der Waals surface area (Å²) >= 11 is 0. The van der Waals surface area contributed by atoms with E-state index in [1.165, 1.54) is 6.07 Å². The Morgan fingerprint density at radius 1 is 1.55 bits per heavy atom. The molecule has 2 aromatic rings. The number of rotatable bonds is 3. The molecule has 0 atom stereocenters. The molecule has 0 unspecified atom stereocenters. The van der Waals surface area contributed by atoms with Gasteiger partial charge < -0.3 is 9.72 Å². The fraction of sp³-hybridized carbons (Fsp3) is 0.143. The van der Waals surface area contributed by atoms with Gasteiger partial charge in [-0.05, 0) is 25.1 Å². The smallest absolute Gasteiger partial charge is 0.339 e. The van der Waals surface area contributed by atoms with Crippen molar-refractivity contribution >= 4 is 5.97 Å². The summed E-state index contributed by atoms with van der Waals surface area (Å²) in [6, 6.07) is 6.59. The van der Waals surface area contributed by atoms with E-state index in [9.17, 15) is 9.59 Å². The molecule has 2 aromatic heterocycles. The highest BCUT2D eigenvalue weighted by atomic mass is 16.5. The number of hydrogen-bond donors (Lipinski definition) is 1. The van der Waals surface area contributed by atoms with Crippen molar-refractivity contribution in [1.29, 1.82) is 5.26 Å². The Bertz CT molecular complexity index is 730. The summed E-state index contributed by atoms with van der Waals surface area (Å²) in [6.07, 6.45) is 3.14. The Morgan fingerprint density at radius 3 is 2.95 bits per heavy atom. The summed E-state index contributed by atoms with van der Waals surface area (Å²) in [4.78, 5) is 30.2. The predicted octanol–water partition coefficient (Wildman–Crippen LogP) is 1.49. The summed E-state index contributed by atoms with van der Waals surface area (Å²) in [7, 11) is 0. The van der Waals surface area contributed by atoms with Crippen LogP contribution in [0, 0.1) is 11.3 Å². The highest BCUT2D eigenvalue weighted by molar-refractivity contribution is 5.93. The predicted molar refractivity (Wildman–Crippen MR) is 71.0 cm³/mol. The summed E-state index contributed by atoms with van der Waals surface area (Å²) in [5.74, 6) is -0.694. The van der Waals surface area contributed by atoms with E-state index in [0.29, 0.717) is 11.3 Å². The van der Waals surface area contributed by atoms with E-state index in [1.54, 1.807) is 37.5 Å². The third-order valence-electron chi connectivity index (χ3n) is 2.61. The number of nitriles is 1. The van der Waals surface area contributed by atoms with E-state index in [0.717, 1.165) is 0 Å². The molecule has 0 aliphatic heterocycles. The van der Waals surface area contributed by atoms with Crippen molar-refractivity contribution in [2.75, 3.05) is 6.61 Å². The van der Waals surface area contributed by atoms with Gasteiger partial charge in [-0.25, -0.2) is 4.79 Å². The van der Waals surface area contributed by atoms with Gasteiger partial charge in [-0.2, -0.15) is 5.26 Å². The summed E-state index contributed by atoms with van der Waals surface area (Å²) < 4.78 is 4.86. The number of carbonyl (C=O) groups excluding carboxylic acids is 1. The van der Waals surface area contributed by atoms with E-state index in [1.807, 2.05) is 0 Å². The first-order chi connectivity index (χ1) is 9.67. The molecule has 6 nitrogen and oxygen atoms in total. The van der Waals surface area contributed by atoms with E-state index >= 15 is 0 Å². The van der Waals surface area contributed by atoms with Crippen LogP contribution in [-0.4, -0.2) is 22.5 Å². The van der Waals surface area contributed by atoms with Crippen molar-refractivity contribution in [2.24, 2.45) is 0 Å². The normalized spacial score (nSPS) is 9.80. The van der Waals surface area contributed by atoms with Gasteiger partial charge in [-0.15, -0.1) is 0 Å². The Morgan fingerprint density at radius 2 is 2.35 bits per heavy atom. The van der Waals surface area contributed by atoms with Crippen molar-refractivity contribution in [3.05, 3.63) is 52.1 Å². The minimum Gasteiger partial charge on any atom is -0.462 e. The van der Waals surface area contributed by atoms with Gasteiger partial charge in [-0.3, -0.25) is 9.78 Å². The average Bonchev–Trinajstić information content (AvgIpc) is 2.47. The average molecular weight is 269 g/mol. The molecule has 0 radical (unpaired) electrons. The zero-order valence-corrected chi connectivity index (χ0v) is 10.7. The Labute approximate surface area is 114 Å². The highest BCUT2D eigenvalue weighted by Gasteiger charge is 2.17. The number of aromatic nitrogens is 2. The maximum atomic E-state index is 11.9. The molecule has 0 saturated heterocycles. The van der Waals surface area contributed by atoms with E-state index in [2.05, 4.69) is 9.97 Å². The molecular formula is C14H11N3O3. The highest BCUT2D eigenvalue weighted by Crippen LogP contribution is 2.17. The Hall–Kier alpha value is -2.94. The molecule has 0 fully saturated rings. The van der Waals surface area contributed by atoms with E-state index < -0.39 is 11.5 Å². The monoisotopic (exact) mass is 269 g/mol. The standard InChI is InChI=1S/C14H11N3O3/c1-2-20-14(19)10-6-12(9-4-3-5-16-8-9)17-13(18)11(10)7-15/h3-6,8H,2H2,1H3,(H,17,18). The number of nitrogens with one attached hydrogen (secondary N) is 1. The van der Waals surface area contributed by atoms with Crippen LogP contribution in [0.15, 0.2) is 35.4 Å². The Kier molecular flexibility index (Phi) is 3.91. The molecule has 0 aliphatic rings. The van der Waals surface area contributed by atoms with Gasteiger partial charge in [0.05, 0.1) is 17.9 Å². The number of aromatic amines is 1. The van der Waals surface area contributed by atoms with Gasteiger partial charge in [0, 0.05) is 18.0 Å². The maximum Gasteiger partial charge on any atom is 0.339 e. The van der Waals surface area contributed by atoms with Gasteiger partial charge in [0.15, 0.2) is 0 Å². The first-order valence-electron chi connectivity index (χ1n) is 5.92. The lowest BCUT2D eigenvalue weighted by Crippen LogP contribution is -2.18. The fourth-order valence-corrected chi connectivity index (χ4v) is 1.72. The molecule has 0 bridgehead atoms. The zero-order valence-electron chi connectivity index (χ0n) is 10.7. The van der Waals surface area contributed by atoms with E-state index in [4.69, 9.17) is 10.00 Å². The van der Waals surface area contributed by atoms with Crippen LogP contribution >= 0.6 is 0 Å². The van der Waals surface area contributed by atoms with Crippen LogP contribution in [0.1, 0.15) is 22.8 Å². The third kappa shape index (κ3) is 2.57. The summed E-state index contributed by atoms with van der Waals surface area (Å²) in [6.45, 7) is 1.82. The first kappa shape index (κ1) is 13.5. The quantitative estimate of drug-likeness (QED) is 0.851. The molecule has 2 heterocycles. The van der Waals surface area contributed by atoms with Crippen LogP contribution in [0.25, 0.3) is 11.3 Å². The van der Waals surface area contributed by atoms with Gasteiger partial charge in [0.2, 0.25) is 0 Å². The number of pyridine rings is 2. The van der Waals surface area contributed by atoms with Crippen molar-refractivity contribution in [3.63, 3.8) is 0 Å². The van der Waals surface area contributed by atoms with E-state index in [-0.39, 0.29) is 17.7 Å². The molecular weight excluding hydrogens is 258 g/mol. The number of nitrogens with zero attached hydrogens (tertiary/aromatic N) is 2. The van der Waals surface area contributed by atoms with Crippen LogP contribution in [0.3, 0.4) is 0 Å². The second kappa shape index (κ2) is 5.80. The number of H-pyrrole nitrogens is 1. The zero-order chi connectivity index (χ0) is 14.5. The molecule has 0 saturated carbocycles. The summed E-state index contributed by atoms with van der Waals surface area (Å²) in [5.41, 5.74) is 0.120. The van der Waals surface area contributed by atoms with Crippen molar-refractivity contribution in [3.8, 4) is 17.3 Å². The number of carbonyl (C=O) groups is 1. The summed E-state index contributed by atoms with van der Waals surface area (Å²) in [5, 5.41) is 8.99. The van der Waals surface area contributed by atoms with Gasteiger partial charge in [0.1, 0.15) is 11.6 Å². The van der Waals surface area contributed by atoms with Crippen LogP contribution < -0.4 is 5.56 Å². The Balaban J connectivity index is 2.62. The fourth-order valence-electron chi connectivity index (χ4n) is 1.72. The molecule has 0 aliphatic carbocycles. The molecule has 0 spiro atoms. The topological polar surface area (TPSA) is 95.8 Å². The SMILES string of the molecule is CCOC(=O)c1cc(-c2cccnc2)[nH]c(=O)c1C#N.